The number of fused-ring (bicyclic) bond motifs is 5. The highest BCUT2D eigenvalue weighted by molar-refractivity contribution is 6.28. The fourth-order valence-corrected chi connectivity index (χ4v) is 8.74. The van der Waals surface area contributed by atoms with Crippen molar-refractivity contribution >= 4 is 27.2 Å². The Morgan fingerprint density at radius 2 is 0.830 bits per heavy atom. The molecule has 0 unspecified atom stereocenters. The molecule has 0 spiro atoms. The fraction of sp³-hybridized carbons (Fsp3) is 0. The lowest BCUT2D eigenvalue weighted by Gasteiger charge is -2.20. The molecule has 1 aliphatic rings. The highest BCUT2D eigenvalue weighted by atomic mass is 15.0. The van der Waals surface area contributed by atoms with E-state index in [0.717, 1.165) is 28.2 Å². The molecule has 1 aliphatic carbocycles. The van der Waals surface area contributed by atoms with E-state index in [1.54, 1.807) is 0 Å². The zero-order valence-corrected chi connectivity index (χ0v) is 28.9. The number of rotatable bonds is 5. The van der Waals surface area contributed by atoms with Crippen LogP contribution in [0.15, 0.2) is 194 Å². The summed E-state index contributed by atoms with van der Waals surface area (Å²) in [5, 5.41) is 5.14. The third kappa shape index (κ3) is 4.49. The maximum atomic E-state index is 5.12. The number of nitrogens with zero attached hydrogens (tertiary/aromatic N) is 2. The Labute approximate surface area is 307 Å². The molecule has 2 heteroatoms. The van der Waals surface area contributed by atoms with Gasteiger partial charge in [0.25, 0.3) is 0 Å². The number of aromatic nitrogens is 2. The molecule has 0 radical (unpaired) electrons. The molecule has 53 heavy (non-hydrogen) atoms. The van der Waals surface area contributed by atoms with Gasteiger partial charge >= 0.3 is 0 Å². The molecule has 0 N–H and O–H groups in total. The normalized spacial score (nSPS) is 11.8. The second-order valence-electron chi connectivity index (χ2n) is 13.8. The van der Waals surface area contributed by atoms with Gasteiger partial charge in [-0.3, -0.25) is 4.40 Å². The summed E-state index contributed by atoms with van der Waals surface area (Å²) in [5.74, 6) is 0. The summed E-state index contributed by atoms with van der Waals surface area (Å²) in [6.07, 6.45) is 2.10. The molecule has 0 aliphatic heterocycles. The van der Waals surface area contributed by atoms with Gasteiger partial charge in [-0.15, -0.1) is 0 Å². The van der Waals surface area contributed by atoms with E-state index in [4.69, 9.17) is 4.98 Å². The van der Waals surface area contributed by atoms with Crippen LogP contribution in [0.5, 0.6) is 0 Å². The zero-order chi connectivity index (χ0) is 34.9. The molecule has 8 aromatic carbocycles. The van der Waals surface area contributed by atoms with Crippen LogP contribution >= 0.6 is 0 Å². The zero-order valence-electron chi connectivity index (χ0n) is 28.9. The third-order valence-corrected chi connectivity index (χ3v) is 11.0. The van der Waals surface area contributed by atoms with Crippen molar-refractivity contribution in [2.24, 2.45) is 0 Å². The quantitative estimate of drug-likeness (QED) is 0.178. The van der Waals surface area contributed by atoms with E-state index in [1.165, 1.54) is 77.2 Å². The average molecular weight is 673 g/mol. The van der Waals surface area contributed by atoms with Gasteiger partial charge in [-0.25, -0.2) is 4.98 Å². The summed E-state index contributed by atoms with van der Waals surface area (Å²) >= 11 is 0. The van der Waals surface area contributed by atoms with Crippen LogP contribution in [0.1, 0.15) is 0 Å². The van der Waals surface area contributed by atoms with E-state index in [-0.39, 0.29) is 0 Å². The second-order valence-corrected chi connectivity index (χ2v) is 13.8. The van der Waals surface area contributed by atoms with Gasteiger partial charge in [-0.2, -0.15) is 0 Å². The van der Waals surface area contributed by atoms with E-state index in [0.29, 0.717) is 0 Å². The Hall–Kier alpha value is -7.03. The van der Waals surface area contributed by atoms with E-state index < -0.39 is 0 Å². The Morgan fingerprint density at radius 3 is 1.47 bits per heavy atom. The smallest absolute Gasteiger partial charge is 0.137 e. The Kier molecular flexibility index (Phi) is 6.59. The highest BCUT2D eigenvalue weighted by Gasteiger charge is 2.31. The number of imidazole rings is 1. The third-order valence-electron chi connectivity index (χ3n) is 11.0. The van der Waals surface area contributed by atoms with E-state index in [1.807, 2.05) is 6.07 Å². The molecule has 11 rings (SSSR count). The van der Waals surface area contributed by atoms with Crippen molar-refractivity contribution in [3.8, 4) is 78.1 Å². The summed E-state index contributed by atoms with van der Waals surface area (Å²) in [5.41, 5.74) is 18.0. The molecule has 2 nitrogen and oxygen atoms in total. The predicted octanol–water partition coefficient (Wildman–Crippen LogP) is 13.6. The Balaban J connectivity index is 1.13. The number of hydrogen-bond donors (Lipinski definition) is 0. The van der Waals surface area contributed by atoms with Crippen LogP contribution in [-0.2, 0) is 0 Å². The summed E-state index contributed by atoms with van der Waals surface area (Å²) in [4.78, 5) is 5.12. The van der Waals surface area contributed by atoms with Gasteiger partial charge in [0.15, 0.2) is 0 Å². The molecule has 10 aromatic rings. The van der Waals surface area contributed by atoms with Crippen LogP contribution in [0.2, 0.25) is 0 Å². The minimum atomic E-state index is 0.940. The largest absolute Gasteiger partial charge is 0.299 e. The van der Waals surface area contributed by atoms with Crippen molar-refractivity contribution in [1.29, 1.82) is 0 Å². The van der Waals surface area contributed by atoms with Gasteiger partial charge in [0.1, 0.15) is 5.65 Å². The van der Waals surface area contributed by atoms with Crippen molar-refractivity contribution in [2.75, 3.05) is 0 Å². The van der Waals surface area contributed by atoms with E-state index >= 15 is 0 Å². The molecule has 2 aromatic heterocycles. The Bertz CT molecular complexity index is 2920. The molecule has 0 saturated carbocycles. The van der Waals surface area contributed by atoms with E-state index in [9.17, 15) is 0 Å². The van der Waals surface area contributed by atoms with Crippen molar-refractivity contribution in [3.63, 3.8) is 0 Å². The van der Waals surface area contributed by atoms with Gasteiger partial charge in [0.05, 0.1) is 11.4 Å². The monoisotopic (exact) mass is 672 g/mol. The first kappa shape index (κ1) is 29.7. The lowest BCUT2D eigenvalue weighted by atomic mass is 9.82. The van der Waals surface area contributed by atoms with Crippen molar-refractivity contribution < 1.29 is 0 Å². The molecule has 0 saturated heterocycles. The first-order valence-electron chi connectivity index (χ1n) is 18.2. The summed E-state index contributed by atoms with van der Waals surface area (Å²) in [6.45, 7) is 0. The molecular formula is C51H32N2. The minimum absolute atomic E-state index is 0.940. The van der Waals surface area contributed by atoms with Crippen LogP contribution < -0.4 is 0 Å². The summed E-state index contributed by atoms with van der Waals surface area (Å²) in [7, 11) is 0. The molecule has 0 atom stereocenters. The lowest BCUT2D eigenvalue weighted by Crippen LogP contribution is -1.93. The average Bonchev–Trinajstić information content (AvgIpc) is 3.78. The van der Waals surface area contributed by atoms with Crippen LogP contribution in [0.25, 0.3) is 105 Å². The van der Waals surface area contributed by atoms with Gasteiger partial charge in [-0.05, 0) is 89.3 Å². The van der Waals surface area contributed by atoms with Crippen LogP contribution in [0, 0.1) is 0 Å². The van der Waals surface area contributed by atoms with Gasteiger partial charge in [-0.1, -0.05) is 176 Å². The summed E-state index contributed by atoms with van der Waals surface area (Å²) in [6, 6.07) is 68.1. The van der Waals surface area contributed by atoms with Crippen LogP contribution in [0.3, 0.4) is 0 Å². The topological polar surface area (TPSA) is 17.3 Å². The fourth-order valence-electron chi connectivity index (χ4n) is 8.74. The molecule has 0 bridgehead atoms. The summed E-state index contributed by atoms with van der Waals surface area (Å²) < 4.78 is 2.19. The van der Waals surface area contributed by atoms with Crippen molar-refractivity contribution in [3.05, 3.63) is 194 Å². The first-order valence-corrected chi connectivity index (χ1v) is 18.2. The highest BCUT2D eigenvalue weighted by Crippen LogP contribution is 2.58. The number of benzene rings is 8. The molecule has 2 heterocycles. The predicted molar refractivity (Wildman–Crippen MR) is 222 cm³/mol. The van der Waals surface area contributed by atoms with Crippen LogP contribution in [-0.4, -0.2) is 9.38 Å². The maximum absolute atomic E-state index is 5.12. The van der Waals surface area contributed by atoms with Crippen molar-refractivity contribution in [1.82, 2.24) is 9.38 Å². The van der Waals surface area contributed by atoms with Crippen molar-refractivity contribution in [2.45, 2.75) is 0 Å². The molecule has 0 amide bonds. The van der Waals surface area contributed by atoms with Gasteiger partial charge < -0.3 is 0 Å². The second kappa shape index (κ2) is 11.8. The van der Waals surface area contributed by atoms with Gasteiger partial charge in [0.2, 0.25) is 0 Å². The minimum Gasteiger partial charge on any atom is -0.299 e. The lowest BCUT2D eigenvalue weighted by molar-refractivity contribution is 1.19. The molecular weight excluding hydrogens is 641 g/mol. The Morgan fingerprint density at radius 1 is 0.321 bits per heavy atom. The molecule has 246 valence electrons. The van der Waals surface area contributed by atoms with Gasteiger partial charge in [0, 0.05) is 17.3 Å². The van der Waals surface area contributed by atoms with E-state index in [2.05, 4.69) is 193 Å². The number of pyridine rings is 1. The number of hydrogen-bond acceptors (Lipinski definition) is 1. The maximum Gasteiger partial charge on any atom is 0.137 e. The molecule has 0 fully saturated rings. The SMILES string of the molecule is c1ccc(-c2c3c(c(-c4ccccc4)c4ccccc24)-c2ccc(-c4ccc(-c5nc6ccccn6c5-c5ccccc5)cc4)c4cccc-3c24)cc1. The first-order chi connectivity index (χ1) is 26.3. The standard InChI is InChI=1S/C51H32N2/c1-4-15-34(16-5-1)45-40-21-10-11-22-41(40)46(35-17-6-2-7-18-35)49-43-31-30-38(39-23-14-24-42(47(39)43)48(45)49)33-26-28-36(29-27-33)50-51(37-19-8-3-9-20-37)53-32-13-12-25-44(53)52-50/h1-32H. The van der Waals surface area contributed by atoms with Crippen LogP contribution in [0.4, 0.5) is 0 Å².